The number of carboxylic acid groups (broad SMARTS) is 1. The van der Waals surface area contributed by atoms with Crippen LogP contribution in [-0.2, 0) is 9.59 Å². The minimum atomic E-state index is -0.999. The standard InChI is InChI=1S/C10H20N2O3/c1-6(2)4-8(10(14)15)12-9(13)7(3)5-11/h6-8H,4-5,11H2,1-3H3,(H,12,13)(H,14,15)/t7?,8-/m0/s1. The Balaban J connectivity index is 4.29. The topological polar surface area (TPSA) is 92.4 Å². The van der Waals surface area contributed by atoms with Gasteiger partial charge in [0, 0.05) is 12.5 Å². The third-order valence-electron chi connectivity index (χ3n) is 2.12. The second-order valence-electron chi connectivity index (χ2n) is 4.17. The lowest BCUT2D eigenvalue weighted by atomic mass is 10.0. The highest BCUT2D eigenvalue weighted by atomic mass is 16.4. The molecule has 1 unspecified atom stereocenters. The summed E-state index contributed by atoms with van der Waals surface area (Å²) in [6.45, 7) is 5.71. The van der Waals surface area contributed by atoms with E-state index in [4.69, 9.17) is 10.8 Å². The molecule has 4 N–H and O–H groups in total. The molecule has 0 aromatic carbocycles. The van der Waals surface area contributed by atoms with Gasteiger partial charge in [-0.25, -0.2) is 4.79 Å². The number of hydrogen-bond donors (Lipinski definition) is 3. The highest BCUT2D eigenvalue weighted by Gasteiger charge is 2.22. The van der Waals surface area contributed by atoms with Crippen LogP contribution in [0.15, 0.2) is 0 Å². The Labute approximate surface area is 90.0 Å². The Kier molecular flexibility index (Phi) is 5.93. The maximum absolute atomic E-state index is 11.4. The zero-order valence-corrected chi connectivity index (χ0v) is 9.49. The van der Waals surface area contributed by atoms with Gasteiger partial charge in [0.05, 0.1) is 0 Å². The summed E-state index contributed by atoms with van der Waals surface area (Å²) in [5.74, 6) is -1.43. The van der Waals surface area contributed by atoms with Crippen molar-refractivity contribution in [2.75, 3.05) is 6.54 Å². The van der Waals surface area contributed by atoms with Crippen molar-refractivity contribution in [1.29, 1.82) is 0 Å². The van der Waals surface area contributed by atoms with Crippen LogP contribution in [0.2, 0.25) is 0 Å². The van der Waals surface area contributed by atoms with E-state index < -0.39 is 12.0 Å². The van der Waals surface area contributed by atoms with Gasteiger partial charge in [0.15, 0.2) is 0 Å². The quantitative estimate of drug-likeness (QED) is 0.591. The van der Waals surface area contributed by atoms with E-state index in [1.165, 1.54) is 0 Å². The van der Waals surface area contributed by atoms with E-state index in [9.17, 15) is 9.59 Å². The fourth-order valence-corrected chi connectivity index (χ4v) is 1.11. The van der Waals surface area contributed by atoms with Crippen molar-refractivity contribution in [3.63, 3.8) is 0 Å². The molecule has 0 saturated carbocycles. The average molecular weight is 216 g/mol. The van der Waals surface area contributed by atoms with E-state index >= 15 is 0 Å². The molecule has 0 bridgehead atoms. The van der Waals surface area contributed by atoms with Gasteiger partial charge in [0.2, 0.25) is 5.91 Å². The SMILES string of the molecule is CC(C)C[C@H](NC(=O)C(C)CN)C(=O)O. The number of carboxylic acids is 1. The van der Waals surface area contributed by atoms with E-state index in [-0.39, 0.29) is 24.3 Å². The van der Waals surface area contributed by atoms with Gasteiger partial charge in [-0.3, -0.25) is 4.79 Å². The number of nitrogens with one attached hydrogen (secondary N) is 1. The third-order valence-corrected chi connectivity index (χ3v) is 2.12. The van der Waals surface area contributed by atoms with Gasteiger partial charge in [-0.05, 0) is 12.3 Å². The van der Waals surface area contributed by atoms with Crippen LogP contribution in [0, 0.1) is 11.8 Å². The second kappa shape index (κ2) is 6.40. The molecule has 0 aliphatic heterocycles. The van der Waals surface area contributed by atoms with Crippen LogP contribution < -0.4 is 11.1 Å². The number of rotatable bonds is 6. The normalized spacial score (nSPS) is 14.7. The molecule has 0 heterocycles. The molecule has 0 radical (unpaired) electrons. The van der Waals surface area contributed by atoms with E-state index in [0.29, 0.717) is 6.42 Å². The molecule has 5 nitrogen and oxygen atoms in total. The first-order valence-electron chi connectivity index (χ1n) is 5.11. The summed E-state index contributed by atoms with van der Waals surface area (Å²) in [5.41, 5.74) is 5.32. The van der Waals surface area contributed by atoms with Gasteiger partial charge in [0.25, 0.3) is 0 Å². The monoisotopic (exact) mass is 216 g/mol. The molecule has 0 aliphatic rings. The molecule has 2 atom stereocenters. The molecule has 88 valence electrons. The van der Waals surface area contributed by atoms with Crippen LogP contribution >= 0.6 is 0 Å². The lowest BCUT2D eigenvalue weighted by molar-refractivity contribution is -0.142. The van der Waals surface area contributed by atoms with E-state index in [2.05, 4.69) is 5.32 Å². The molecule has 0 fully saturated rings. The molecular formula is C10H20N2O3. The van der Waals surface area contributed by atoms with Crippen LogP contribution in [0.1, 0.15) is 27.2 Å². The van der Waals surface area contributed by atoms with Gasteiger partial charge in [0.1, 0.15) is 6.04 Å². The van der Waals surface area contributed by atoms with Crippen molar-refractivity contribution in [1.82, 2.24) is 5.32 Å². The van der Waals surface area contributed by atoms with E-state index in [0.717, 1.165) is 0 Å². The summed E-state index contributed by atoms with van der Waals surface area (Å²) in [6, 6.07) is -0.813. The van der Waals surface area contributed by atoms with Gasteiger partial charge in [-0.1, -0.05) is 20.8 Å². The molecule has 0 rings (SSSR count). The molecular weight excluding hydrogens is 196 g/mol. The minimum absolute atomic E-state index is 0.222. The minimum Gasteiger partial charge on any atom is -0.480 e. The van der Waals surface area contributed by atoms with Crippen LogP contribution in [0.5, 0.6) is 0 Å². The van der Waals surface area contributed by atoms with Crippen LogP contribution in [0.4, 0.5) is 0 Å². The predicted octanol–water partition coefficient (Wildman–Crippen LogP) is 0.197. The number of carbonyl (C=O) groups is 2. The van der Waals surface area contributed by atoms with Gasteiger partial charge < -0.3 is 16.2 Å². The number of aliphatic carboxylic acids is 1. The summed E-state index contributed by atoms with van der Waals surface area (Å²) < 4.78 is 0. The molecule has 15 heavy (non-hydrogen) atoms. The van der Waals surface area contributed by atoms with Crippen LogP contribution in [0.3, 0.4) is 0 Å². The summed E-state index contributed by atoms with van der Waals surface area (Å²) in [7, 11) is 0. The highest BCUT2D eigenvalue weighted by Crippen LogP contribution is 2.05. The van der Waals surface area contributed by atoms with Crippen LogP contribution in [-0.4, -0.2) is 29.6 Å². The van der Waals surface area contributed by atoms with Crippen molar-refractivity contribution < 1.29 is 14.7 Å². The number of nitrogens with two attached hydrogens (primary N) is 1. The first-order valence-corrected chi connectivity index (χ1v) is 5.11. The lowest BCUT2D eigenvalue weighted by Gasteiger charge is -2.18. The summed E-state index contributed by atoms with van der Waals surface area (Å²) in [4.78, 5) is 22.3. The van der Waals surface area contributed by atoms with Crippen molar-refractivity contribution in [2.24, 2.45) is 17.6 Å². The largest absolute Gasteiger partial charge is 0.480 e. The Hall–Kier alpha value is -1.10. The predicted molar refractivity (Wildman–Crippen MR) is 57.2 cm³/mol. The van der Waals surface area contributed by atoms with Crippen molar-refractivity contribution in [3.05, 3.63) is 0 Å². The average Bonchev–Trinajstić information content (AvgIpc) is 2.14. The molecule has 5 heteroatoms. The summed E-state index contributed by atoms with van der Waals surface area (Å²) >= 11 is 0. The summed E-state index contributed by atoms with van der Waals surface area (Å²) in [5, 5.41) is 11.4. The molecule has 1 amide bonds. The maximum atomic E-state index is 11.4. The van der Waals surface area contributed by atoms with E-state index in [1.54, 1.807) is 6.92 Å². The van der Waals surface area contributed by atoms with Crippen molar-refractivity contribution in [2.45, 2.75) is 33.2 Å². The Bertz CT molecular complexity index is 229. The molecule has 0 spiro atoms. The van der Waals surface area contributed by atoms with Crippen LogP contribution in [0.25, 0.3) is 0 Å². The number of carbonyl (C=O) groups excluding carboxylic acids is 1. The number of hydrogen-bond acceptors (Lipinski definition) is 3. The van der Waals surface area contributed by atoms with Gasteiger partial charge >= 0.3 is 5.97 Å². The third kappa shape index (κ3) is 5.37. The maximum Gasteiger partial charge on any atom is 0.326 e. The zero-order chi connectivity index (χ0) is 12.0. The summed E-state index contributed by atoms with van der Waals surface area (Å²) in [6.07, 6.45) is 0.429. The highest BCUT2D eigenvalue weighted by molar-refractivity contribution is 5.84. The molecule has 0 aromatic rings. The first kappa shape index (κ1) is 13.9. The number of amides is 1. The molecule has 0 saturated heterocycles. The second-order valence-corrected chi connectivity index (χ2v) is 4.17. The van der Waals surface area contributed by atoms with Crippen molar-refractivity contribution in [3.8, 4) is 0 Å². The fraction of sp³-hybridized carbons (Fsp3) is 0.800. The fourth-order valence-electron chi connectivity index (χ4n) is 1.11. The first-order chi connectivity index (χ1) is 6.88. The Morgan fingerprint density at radius 1 is 1.33 bits per heavy atom. The smallest absolute Gasteiger partial charge is 0.326 e. The Morgan fingerprint density at radius 2 is 1.87 bits per heavy atom. The van der Waals surface area contributed by atoms with Gasteiger partial charge in [-0.15, -0.1) is 0 Å². The lowest BCUT2D eigenvalue weighted by Crippen LogP contribution is -2.45. The molecule has 0 aliphatic carbocycles. The van der Waals surface area contributed by atoms with Crippen molar-refractivity contribution >= 4 is 11.9 Å². The van der Waals surface area contributed by atoms with Gasteiger partial charge in [-0.2, -0.15) is 0 Å². The zero-order valence-electron chi connectivity index (χ0n) is 9.49. The molecule has 0 aromatic heterocycles. The Morgan fingerprint density at radius 3 is 2.20 bits per heavy atom. The van der Waals surface area contributed by atoms with E-state index in [1.807, 2.05) is 13.8 Å².